The van der Waals surface area contributed by atoms with Gasteiger partial charge in [-0.15, -0.1) is 0 Å². The monoisotopic (exact) mass is 371 g/mol. The highest BCUT2D eigenvalue weighted by molar-refractivity contribution is 6.04. The van der Waals surface area contributed by atoms with Gasteiger partial charge >= 0.3 is 0 Å². The van der Waals surface area contributed by atoms with Crippen molar-refractivity contribution in [2.24, 2.45) is 5.92 Å². The molecule has 0 spiro atoms. The van der Waals surface area contributed by atoms with Gasteiger partial charge in [0.05, 0.1) is 19.3 Å². The van der Waals surface area contributed by atoms with Crippen LogP contribution < -0.4 is 11.1 Å². The number of para-hydroxylation sites is 1. The summed E-state index contributed by atoms with van der Waals surface area (Å²) in [5.41, 5.74) is 7.89. The molecule has 8 heteroatoms. The average Bonchev–Trinajstić information content (AvgIpc) is 2.94. The molecule has 4 N–H and O–H groups in total. The van der Waals surface area contributed by atoms with Gasteiger partial charge in [-0.25, -0.2) is 4.68 Å². The Bertz CT molecular complexity index is 848. The summed E-state index contributed by atoms with van der Waals surface area (Å²) in [6.45, 7) is 4.32. The number of aromatic nitrogens is 2. The molecular weight excluding hydrogens is 346 g/mol. The van der Waals surface area contributed by atoms with Gasteiger partial charge in [0, 0.05) is 12.2 Å². The Kier molecular flexibility index (Phi) is 5.46. The largest absolute Gasteiger partial charge is 0.394 e. The topological polar surface area (TPSA) is 113 Å². The predicted molar refractivity (Wildman–Crippen MR) is 102 cm³/mol. The number of anilines is 2. The number of aliphatic hydroxyl groups is 1. The molecular formula is C19H25N5O3. The first-order valence-corrected chi connectivity index (χ1v) is 9.09. The van der Waals surface area contributed by atoms with Gasteiger partial charge in [-0.1, -0.05) is 38.5 Å². The summed E-state index contributed by atoms with van der Waals surface area (Å²) in [4.78, 5) is 27.8. The second-order valence-corrected chi connectivity index (χ2v) is 6.80. The van der Waals surface area contributed by atoms with E-state index in [2.05, 4.69) is 10.4 Å². The van der Waals surface area contributed by atoms with Crippen LogP contribution in [0.3, 0.4) is 0 Å². The summed E-state index contributed by atoms with van der Waals surface area (Å²) >= 11 is 0. The minimum absolute atomic E-state index is 0.0306. The summed E-state index contributed by atoms with van der Waals surface area (Å²) < 4.78 is 1.39. The molecule has 2 amide bonds. The van der Waals surface area contributed by atoms with E-state index in [1.54, 1.807) is 4.90 Å². The van der Waals surface area contributed by atoms with Crippen molar-refractivity contribution in [3.8, 4) is 0 Å². The zero-order chi connectivity index (χ0) is 19.6. The zero-order valence-electron chi connectivity index (χ0n) is 15.6. The van der Waals surface area contributed by atoms with Crippen LogP contribution in [0.5, 0.6) is 0 Å². The van der Waals surface area contributed by atoms with Crippen molar-refractivity contribution in [3.05, 3.63) is 41.6 Å². The molecule has 8 nitrogen and oxygen atoms in total. The van der Waals surface area contributed by atoms with E-state index in [1.807, 2.05) is 38.1 Å². The smallest absolute Gasteiger partial charge is 0.260 e. The summed E-state index contributed by atoms with van der Waals surface area (Å²) in [5.74, 6) is -0.385. The van der Waals surface area contributed by atoms with Crippen LogP contribution in [0.2, 0.25) is 0 Å². The lowest BCUT2D eigenvalue weighted by molar-refractivity contribution is -0.122. The number of nitrogens with one attached hydrogen (secondary N) is 1. The molecule has 1 aliphatic heterocycles. The molecule has 0 radical (unpaired) electrons. The minimum atomic E-state index is -0.615. The molecule has 0 fully saturated rings. The number of amides is 2. The number of nitrogens with zero attached hydrogens (tertiary/aromatic N) is 3. The van der Waals surface area contributed by atoms with Gasteiger partial charge in [-0.2, -0.15) is 5.10 Å². The molecule has 3 rings (SSSR count). The third kappa shape index (κ3) is 3.52. The highest BCUT2D eigenvalue weighted by Crippen LogP contribution is 2.29. The molecule has 2 unspecified atom stereocenters. The normalized spacial score (nSPS) is 17.8. The van der Waals surface area contributed by atoms with Crippen molar-refractivity contribution in [1.82, 2.24) is 14.7 Å². The van der Waals surface area contributed by atoms with E-state index >= 15 is 0 Å². The van der Waals surface area contributed by atoms with E-state index in [0.717, 1.165) is 17.7 Å². The summed E-state index contributed by atoms with van der Waals surface area (Å²) in [6, 6.07) is 6.85. The number of fused-ring (bicyclic) bond motifs is 1. The van der Waals surface area contributed by atoms with Crippen molar-refractivity contribution < 1.29 is 14.7 Å². The molecule has 1 aromatic heterocycles. The third-order valence-corrected chi connectivity index (χ3v) is 5.09. The van der Waals surface area contributed by atoms with E-state index in [4.69, 9.17) is 10.8 Å². The fraction of sp³-hybridized carbons (Fsp3) is 0.421. The number of nitrogen functional groups attached to an aromatic ring is 1. The Morgan fingerprint density at radius 3 is 2.89 bits per heavy atom. The molecule has 1 aliphatic rings. The third-order valence-electron chi connectivity index (χ3n) is 5.09. The van der Waals surface area contributed by atoms with Crippen LogP contribution in [0.15, 0.2) is 30.5 Å². The van der Waals surface area contributed by atoms with Crippen molar-refractivity contribution in [3.63, 3.8) is 0 Å². The minimum Gasteiger partial charge on any atom is -0.394 e. The second kappa shape index (κ2) is 7.79. The van der Waals surface area contributed by atoms with Gasteiger partial charge in [0.1, 0.15) is 17.4 Å². The number of carbonyl (C=O) groups is 2. The van der Waals surface area contributed by atoms with E-state index in [-0.39, 0.29) is 42.3 Å². The first kappa shape index (κ1) is 18.9. The average molecular weight is 371 g/mol. The number of benzene rings is 1. The van der Waals surface area contributed by atoms with Gasteiger partial charge in [-0.3, -0.25) is 9.59 Å². The van der Waals surface area contributed by atoms with Crippen LogP contribution in [0.25, 0.3) is 0 Å². The molecule has 144 valence electrons. The predicted octanol–water partition coefficient (Wildman–Crippen LogP) is 1.47. The first-order chi connectivity index (χ1) is 13.0. The van der Waals surface area contributed by atoms with E-state index in [0.29, 0.717) is 6.54 Å². The molecule has 0 aliphatic carbocycles. The Hall–Kier alpha value is -2.87. The molecule has 2 heterocycles. The van der Waals surface area contributed by atoms with Crippen molar-refractivity contribution in [2.75, 3.05) is 17.7 Å². The molecule has 2 atom stereocenters. The summed E-state index contributed by atoms with van der Waals surface area (Å²) in [5, 5.41) is 16.1. The number of nitrogens with two attached hydrogens (primary N) is 1. The van der Waals surface area contributed by atoms with Gasteiger partial charge in [0.15, 0.2) is 0 Å². The lowest BCUT2D eigenvalue weighted by Crippen LogP contribution is -2.49. The number of hydrogen-bond donors (Lipinski definition) is 3. The van der Waals surface area contributed by atoms with Crippen LogP contribution in [-0.2, 0) is 17.9 Å². The molecule has 0 bridgehead atoms. The van der Waals surface area contributed by atoms with E-state index < -0.39 is 6.04 Å². The number of aliphatic hydroxyl groups excluding tert-OH is 1. The Balaban J connectivity index is 2.03. The number of rotatable bonds is 5. The fourth-order valence-electron chi connectivity index (χ4n) is 3.38. The van der Waals surface area contributed by atoms with Gasteiger partial charge < -0.3 is 21.1 Å². The lowest BCUT2D eigenvalue weighted by Gasteiger charge is -2.32. The quantitative estimate of drug-likeness (QED) is 0.736. The maximum atomic E-state index is 13.3. The maximum Gasteiger partial charge on any atom is 0.260 e. The Labute approximate surface area is 158 Å². The van der Waals surface area contributed by atoms with Crippen LogP contribution in [0, 0.1) is 5.92 Å². The van der Waals surface area contributed by atoms with Gasteiger partial charge in [-0.05, 0) is 17.5 Å². The molecule has 1 aromatic carbocycles. The Morgan fingerprint density at radius 2 is 2.19 bits per heavy atom. The van der Waals surface area contributed by atoms with Gasteiger partial charge in [0.25, 0.3) is 5.91 Å². The molecule has 2 aromatic rings. The molecule has 0 saturated heterocycles. The molecule has 27 heavy (non-hydrogen) atoms. The first-order valence-electron chi connectivity index (χ1n) is 9.09. The lowest BCUT2D eigenvalue weighted by atomic mass is 9.96. The second-order valence-electron chi connectivity index (χ2n) is 6.80. The van der Waals surface area contributed by atoms with Crippen molar-refractivity contribution in [2.45, 2.75) is 39.4 Å². The fourth-order valence-corrected chi connectivity index (χ4v) is 3.38. The van der Waals surface area contributed by atoms with Crippen LogP contribution in [-0.4, -0.2) is 44.3 Å². The standard InChI is InChI=1S/C19H25N5O3/c1-3-12(2)16-18(26)22-15-7-5-4-6-13(15)11-23(16)19(27)14-10-21-24(8-9-25)17(14)20/h4-7,10,12,16,25H,3,8-9,11,20H2,1-2H3,(H,22,26). The molecule has 0 saturated carbocycles. The van der Waals surface area contributed by atoms with Crippen LogP contribution in [0.4, 0.5) is 11.5 Å². The van der Waals surface area contributed by atoms with Crippen molar-refractivity contribution >= 4 is 23.3 Å². The van der Waals surface area contributed by atoms with Crippen LogP contribution in [0.1, 0.15) is 36.2 Å². The highest BCUT2D eigenvalue weighted by Gasteiger charge is 2.38. The Morgan fingerprint density at radius 1 is 1.44 bits per heavy atom. The zero-order valence-corrected chi connectivity index (χ0v) is 15.6. The maximum absolute atomic E-state index is 13.3. The highest BCUT2D eigenvalue weighted by atomic mass is 16.3. The van der Waals surface area contributed by atoms with Crippen LogP contribution >= 0.6 is 0 Å². The van der Waals surface area contributed by atoms with E-state index in [1.165, 1.54) is 10.9 Å². The SMILES string of the molecule is CCC(C)C1C(=O)Nc2ccccc2CN1C(=O)c1cnn(CCO)c1N. The van der Waals surface area contributed by atoms with Gasteiger partial charge in [0.2, 0.25) is 5.91 Å². The summed E-state index contributed by atoms with van der Waals surface area (Å²) in [6.07, 6.45) is 2.15. The van der Waals surface area contributed by atoms with E-state index in [9.17, 15) is 9.59 Å². The van der Waals surface area contributed by atoms with Crippen molar-refractivity contribution in [1.29, 1.82) is 0 Å². The number of carbonyl (C=O) groups excluding carboxylic acids is 2. The number of hydrogen-bond acceptors (Lipinski definition) is 5. The summed E-state index contributed by atoms with van der Waals surface area (Å²) in [7, 11) is 0.